The maximum Gasteiger partial charge on any atom is 0.305 e. The Kier molecular flexibility index (Phi) is 3.74. The molecule has 6 heteroatoms. The second kappa shape index (κ2) is 5.48. The number of hydrogen-bond acceptors (Lipinski definition) is 3. The molecule has 20 heavy (non-hydrogen) atoms. The van der Waals surface area contributed by atoms with Gasteiger partial charge in [0.2, 0.25) is 5.82 Å². The predicted molar refractivity (Wildman–Crippen MR) is 72.2 cm³/mol. The minimum Gasteiger partial charge on any atom is -0.311 e. The van der Waals surface area contributed by atoms with Gasteiger partial charge in [0.05, 0.1) is 10.5 Å². The molecular formula is C14H11FN2O3. The van der Waals surface area contributed by atoms with E-state index in [1.165, 1.54) is 24.1 Å². The third-order valence-electron chi connectivity index (χ3n) is 2.85. The Bertz CT molecular complexity index is 659. The van der Waals surface area contributed by atoms with Gasteiger partial charge in [-0.05, 0) is 18.2 Å². The second-order valence-electron chi connectivity index (χ2n) is 4.10. The number of carbonyl (C=O) groups is 1. The number of amides is 1. The molecule has 5 nitrogen and oxygen atoms in total. The second-order valence-corrected chi connectivity index (χ2v) is 4.10. The highest BCUT2D eigenvalue weighted by atomic mass is 19.1. The monoisotopic (exact) mass is 274 g/mol. The number of nitro groups is 1. The number of benzene rings is 2. The van der Waals surface area contributed by atoms with E-state index in [2.05, 4.69) is 0 Å². The molecule has 0 spiro atoms. The van der Waals surface area contributed by atoms with Crippen molar-refractivity contribution >= 4 is 17.3 Å². The Labute approximate surface area is 114 Å². The number of hydrogen-bond donors (Lipinski definition) is 0. The molecule has 0 saturated carbocycles. The summed E-state index contributed by atoms with van der Waals surface area (Å²) in [4.78, 5) is 23.3. The first-order valence-corrected chi connectivity index (χ1v) is 5.78. The third-order valence-corrected chi connectivity index (χ3v) is 2.85. The SMILES string of the molecule is CN(C(=O)c1cccc([N+](=O)[O-])c1F)c1ccccc1. The molecule has 102 valence electrons. The summed E-state index contributed by atoms with van der Waals surface area (Å²) in [7, 11) is 1.48. The van der Waals surface area contributed by atoms with Gasteiger partial charge in [0.1, 0.15) is 0 Å². The molecule has 2 aromatic rings. The molecule has 0 aliphatic heterocycles. The van der Waals surface area contributed by atoms with Gasteiger partial charge in [0, 0.05) is 18.8 Å². The molecule has 0 saturated heterocycles. The summed E-state index contributed by atoms with van der Waals surface area (Å²) in [5, 5.41) is 10.7. The van der Waals surface area contributed by atoms with Crippen molar-refractivity contribution in [3.63, 3.8) is 0 Å². The van der Waals surface area contributed by atoms with E-state index in [1.54, 1.807) is 30.3 Å². The summed E-state index contributed by atoms with van der Waals surface area (Å²) in [5.74, 6) is -1.76. The normalized spacial score (nSPS) is 10.1. The maximum atomic E-state index is 14.0. The lowest BCUT2D eigenvalue weighted by Gasteiger charge is -2.17. The van der Waals surface area contributed by atoms with Crippen molar-refractivity contribution in [2.75, 3.05) is 11.9 Å². The first kappa shape index (κ1) is 13.7. The Hall–Kier alpha value is -2.76. The molecule has 0 aliphatic rings. The number of rotatable bonds is 3. The lowest BCUT2D eigenvalue weighted by atomic mass is 10.1. The highest BCUT2D eigenvalue weighted by molar-refractivity contribution is 6.06. The number of halogens is 1. The summed E-state index contributed by atoms with van der Waals surface area (Å²) < 4.78 is 14.0. The van der Waals surface area contributed by atoms with Gasteiger partial charge in [-0.1, -0.05) is 24.3 Å². The van der Waals surface area contributed by atoms with Crippen LogP contribution < -0.4 is 4.90 Å². The first-order chi connectivity index (χ1) is 9.52. The van der Waals surface area contributed by atoms with E-state index in [1.807, 2.05) is 0 Å². The molecule has 0 N–H and O–H groups in total. The van der Waals surface area contributed by atoms with Crippen molar-refractivity contribution in [1.82, 2.24) is 0 Å². The largest absolute Gasteiger partial charge is 0.311 e. The summed E-state index contributed by atoms with van der Waals surface area (Å²) in [6.07, 6.45) is 0. The number of nitro benzene ring substituents is 1. The van der Waals surface area contributed by atoms with Crippen LogP contribution in [-0.4, -0.2) is 17.9 Å². The van der Waals surface area contributed by atoms with Crippen LogP contribution in [0.1, 0.15) is 10.4 Å². The van der Waals surface area contributed by atoms with Crippen molar-refractivity contribution in [2.24, 2.45) is 0 Å². The highest BCUT2D eigenvalue weighted by Gasteiger charge is 2.24. The third kappa shape index (κ3) is 2.49. The number of carbonyl (C=O) groups excluding carboxylic acids is 1. The zero-order chi connectivity index (χ0) is 14.7. The summed E-state index contributed by atoms with van der Waals surface area (Å²) in [6.45, 7) is 0. The van der Waals surface area contributed by atoms with Gasteiger partial charge < -0.3 is 4.90 Å². The van der Waals surface area contributed by atoms with Crippen molar-refractivity contribution in [3.05, 3.63) is 70.0 Å². The van der Waals surface area contributed by atoms with Gasteiger partial charge in [-0.15, -0.1) is 0 Å². The smallest absolute Gasteiger partial charge is 0.305 e. The number of nitrogens with zero attached hydrogens (tertiary/aromatic N) is 2. The molecule has 0 fully saturated rings. The highest BCUT2D eigenvalue weighted by Crippen LogP contribution is 2.23. The van der Waals surface area contributed by atoms with Crippen LogP contribution in [0.25, 0.3) is 0 Å². The van der Waals surface area contributed by atoms with Crippen LogP contribution in [0.2, 0.25) is 0 Å². The molecule has 0 unspecified atom stereocenters. The van der Waals surface area contributed by atoms with E-state index >= 15 is 0 Å². The molecular weight excluding hydrogens is 263 g/mol. The molecule has 0 aliphatic carbocycles. The van der Waals surface area contributed by atoms with Gasteiger partial charge in [-0.3, -0.25) is 14.9 Å². The summed E-state index contributed by atoms with van der Waals surface area (Å²) in [5.41, 5.74) is -0.466. The average Bonchev–Trinajstić information content (AvgIpc) is 2.46. The standard InChI is InChI=1S/C14H11FN2O3/c1-16(10-6-3-2-4-7-10)14(18)11-8-5-9-12(13(11)15)17(19)20/h2-9H,1H3. The van der Waals surface area contributed by atoms with E-state index in [4.69, 9.17) is 0 Å². The molecule has 2 aromatic carbocycles. The fourth-order valence-electron chi connectivity index (χ4n) is 1.78. The molecule has 0 atom stereocenters. The number of anilines is 1. The van der Waals surface area contributed by atoms with Crippen LogP contribution in [-0.2, 0) is 0 Å². The lowest BCUT2D eigenvalue weighted by molar-refractivity contribution is -0.387. The molecule has 2 rings (SSSR count). The van der Waals surface area contributed by atoms with Gasteiger partial charge in [0.25, 0.3) is 5.91 Å². The lowest BCUT2D eigenvalue weighted by Crippen LogP contribution is -2.27. The van der Waals surface area contributed by atoms with Crippen LogP contribution in [0, 0.1) is 15.9 Å². The van der Waals surface area contributed by atoms with E-state index in [9.17, 15) is 19.3 Å². The quantitative estimate of drug-likeness (QED) is 0.638. The average molecular weight is 274 g/mol. The molecule has 0 heterocycles. The van der Waals surface area contributed by atoms with Gasteiger partial charge >= 0.3 is 5.69 Å². The Morgan fingerprint density at radius 1 is 1.15 bits per heavy atom. The fraction of sp³-hybridized carbons (Fsp3) is 0.0714. The van der Waals surface area contributed by atoms with Crippen LogP contribution >= 0.6 is 0 Å². The van der Waals surface area contributed by atoms with Gasteiger partial charge in [0.15, 0.2) is 0 Å². The van der Waals surface area contributed by atoms with Crippen molar-refractivity contribution < 1.29 is 14.1 Å². The molecule has 0 radical (unpaired) electrons. The zero-order valence-electron chi connectivity index (χ0n) is 10.6. The van der Waals surface area contributed by atoms with Crippen molar-refractivity contribution in [2.45, 2.75) is 0 Å². The molecule has 0 bridgehead atoms. The van der Waals surface area contributed by atoms with Crippen molar-refractivity contribution in [3.8, 4) is 0 Å². The minimum atomic E-state index is -1.12. The van der Waals surface area contributed by atoms with Crippen LogP contribution in [0.4, 0.5) is 15.8 Å². The zero-order valence-corrected chi connectivity index (χ0v) is 10.6. The Balaban J connectivity index is 2.40. The number of para-hydroxylation sites is 1. The maximum absolute atomic E-state index is 14.0. The van der Waals surface area contributed by atoms with E-state index in [-0.39, 0.29) is 5.56 Å². The summed E-state index contributed by atoms with van der Waals surface area (Å²) in [6, 6.07) is 12.2. The van der Waals surface area contributed by atoms with Crippen LogP contribution in [0.5, 0.6) is 0 Å². The van der Waals surface area contributed by atoms with Crippen molar-refractivity contribution in [1.29, 1.82) is 0 Å². The predicted octanol–water partition coefficient (Wildman–Crippen LogP) is 3.01. The van der Waals surface area contributed by atoms with Gasteiger partial charge in [-0.2, -0.15) is 4.39 Å². The van der Waals surface area contributed by atoms with E-state index in [0.29, 0.717) is 5.69 Å². The summed E-state index contributed by atoms with van der Waals surface area (Å²) >= 11 is 0. The van der Waals surface area contributed by atoms with E-state index < -0.39 is 22.3 Å². The topological polar surface area (TPSA) is 63.5 Å². The van der Waals surface area contributed by atoms with Crippen LogP contribution in [0.15, 0.2) is 48.5 Å². The van der Waals surface area contributed by atoms with Gasteiger partial charge in [-0.25, -0.2) is 0 Å². The molecule has 1 amide bonds. The van der Waals surface area contributed by atoms with Crippen LogP contribution in [0.3, 0.4) is 0 Å². The van der Waals surface area contributed by atoms with E-state index in [0.717, 1.165) is 6.07 Å². The molecule has 0 aromatic heterocycles. The first-order valence-electron chi connectivity index (χ1n) is 5.78. The Morgan fingerprint density at radius 3 is 2.40 bits per heavy atom. The minimum absolute atomic E-state index is 0.328. The fourth-order valence-corrected chi connectivity index (χ4v) is 1.78. The Morgan fingerprint density at radius 2 is 1.80 bits per heavy atom.